The standard InChI is InChI=1S/C32H56O9/c1-16(5-6-26(17(2)14-33)41-30-29(39)28(38)25(37)15-40-30)21-13-24(36)27-19-12-23(35)22-11-18(34)7-9-31(22,3)20(19)8-10-32(21,27)4/h16-30,33-39H,5-15H2,1-4H3/t16-,17?,18+,19?,20?,21-,22?,23-,24+,25-,26?,27?,28+,29-,30+,31-,32-/m1/s1. The maximum absolute atomic E-state index is 11.6. The van der Waals surface area contributed by atoms with Crippen molar-refractivity contribution in [2.45, 2.75) is 135 Å². The Labute approximate surface area is 245 Å². The highest BCUT2D eigenvalue weighted by Gasteiger charge is 2.64. The van der Waals surface area contributed by atoms with Gasteiger partial charge >= 0.3 is 0 Å². The topological polar surface area (TPSA) is 160 Å². The van der Waals surface area contributed by atoms with Gasteiger partial charge < -0.3 is 45.2 Å². The predicted octanol–water partition coefficient (Wildman–Crippen LogP) is 1.82. The van der Waals surface area contributed by atoms with Gasteiger partial charge in [0, 0.05) is 12.5 Å². The number of ether oxygens (including phenoxy) is 2. The molecule has 9 heteroatoms. The van der Waals surface area contributed by atoms with Crippen molar-refractivity contribution in [3.63, 3.8) is 0 Å². The molecule has 0 aromatic rings. The van der Waals surface area contributed by atoms with E-state index in [1.807, 2.05) is 6.92 Å². The van der Waals surface area contributed by atoms with Gasteiger partial charge in [-0.15, -0.1) is 0 Å². The van der Waals surface area contributed by atoms with Crippen LogP contribution in [0.4, 0.5) is 0 Å². The van der Waals surface area contributed by atoms with Gasteiger partial charge in [-0.05, 0) is 104 Å². The van der Waals surface area contributed by atoms with Crippen LogP contribution < -0.4 is 0 Å². The van der Waals surface area contributed by atoms with Crippen LogP contribution >= 0.6 is 0 Å². The van der Waals surface area contributed by atoms with Crippen LogP contribution in [0.15, 0.2) is 0 Å². The molecule has 7 N–H and O–H groups in total. The average Bonchev–Trinajstić information content (AvgIpc) is 3.21. The largest absolute Gasteiger partial charge is 0.396 e. The molecule has 9 nitrogen and oxygen atoms in total. The Bertz CT molecular complexity index is 889. The van der Waals surface area contributed by atoms with Crippen LogP contribution in [-0.4, -0.2) is 98.0 Å². The normalized spacial score (nSPS) is 52.2. The first kappa shape index (κ1) is 32.0. The molecule has 5 fully saturated rings. The Morgan fingerprint density at radius 2 is 1.51 bits per heavy atom. The lowest BCUT2D eigenvalue weighted by Crippen LogP contribution is -2.59. The van der Waals surface area contributed by atoms with Crippen LogP contribution in [0.1, 0.15) is 85.5 Å². The fourth-order valence-corrected chi connectivity index (χ4v) is 10.6. The third kappa shape index (κ3) is 5.66. The fourth-order valence-electron chi connectivity index (χ4n) is 10.6. The van der Waals surface area contributed by atoms with Gasteiger partial charge in [0.05, 0.1) is 31.0 Å². The third-order valence-corrected chi connectivity index (χ3v) is 13.0. The van der Waals surface area contributed by atoms with Gasteiger partial charge in [0.25, 0.3) is 0 Å². The van der Waals surface area contributed by atoms with Crippen LogP contribution in [0.3, 0.4) is 0 Å². The first-order chi connectivity index (χ1) is 19.3. The third-order valence-electron chi connectivity index (χ3n) is 13.0. The maximum Gasteiger partial charge on any atom is 0.186 e. The molecule has 0 radical (unpaired) electrons. The Morgan fingerprint density at radius 1 is 0.805 bits per heavy atom. The van der Waals surface area contributed by atoms with E-state index in [0.29, 0.717) is 37.0 Å². The quantitative estimate of drug-likeness (QED) is 0.226. The van der Waals surface area contributed by atoms with E-state index in [9.17, 15) is 35.7 Å². The summed E-state index contributed by atoms with van der Waals surface area (Å²) in [5.74, 6) is 1.43. The molecule has 0 aromatic carbocycles. The smallest absolute Gasteiger partial charge is 0.186 e. The molecular formula is C32H56O9. The number of hydrogen-bond donors (Lipinski definition) is 7. The predicted molar refractivity (Wildman–Crippen MR) is 151 cm³/mol. The Hall–Kier alpha value is -0.360. The Balaban J connectivity index is 1.27. The average molecular weight is 585 g/mol. The summed E-state index contributed by atoms with van der Waals surface area (Å²) in [6.45, 7) is 8.62. The highest BCUT2D eigenvalue weighted by molar-refractivity contribution is 5.13. The van der Waals surface area contributed by atoms with E-state index in [0.717, 1.165) is 38.5 Å². The van der Waals surface area contributed by atoms with Gasteiger partial charge in [-0.2, -0.15) is 0 Å². The molecule has 1 saturated heterocycles. The molecule has 5 aliphatic rings. The number of fused-ring (bicyclic) bond motifs is 5. The van der Waals surface area contributed by atoms with Crippen LogP contribution in [0.25, 0.3) is 0 Å². The van der Waals surface area contributed by atoms with E-state index in [1.54, 1.807) is 0 Å². The second kappa shape index (κ2) is 12.2. The van der Waals surface area contributed by atoms with Gasteiger partial charge in [0.2, 0.25) is 0 Å². The number of rotatable bonds is 8. The number of aliphatic hydroxyl groups is 7. The number of hydrogen-bond acceptors (Lipinski definition) is 9. The summed E-state index contributed by atoms with van der Waals surface area (Å²) in [6, 6.07) is 0. The van der Waals surface area contributed by atoms with Crippen molar-refractivity contribution in [3.05, 3.63) is 0 Å². The highest BCUT2D eigenvalue weighted by Crippen LogP contribution is 2.68. The molecule has 1 aliphatic heterocycles. The van der Waals surface area contributed by atoms with E-state index < -0.39 is 42.9 Å². The van der Waals surface area contributed by atoms with E-state index >= 15 is 0 Å². The SMILES string of the molecule is CC(CO)C(CC[C@@H](C)[C@H]1C[C@H](O)C2C3C[C@@H](O)C4C[C@@H](O)CC[C@]4(C)C3CC[C@@]21C)O[C@@H]1OC[C@@H](O)[C@H](O)[C@H]1O. The molecule has 0 bridgehead atoms. The second-order valence-electron chi connectivity index (χ2n) is 15.2. The molecule has 5 rings (SSSR count). The molecule has 0 spiro atoms. The summed E-state index contributed by atoms with van der Waals surface area (Å²) in [7, 11) is 0. The summed E-state index contributed by atoms with van der Waals surface area (Å²) >= 11 is 0. The number of aliphatic hydroxyl groups excluding tert-OH is 7. The second-order valence-corrected chi connectivity index (χ2v) is 15.2. The van der Waals surface area contributed by atoms with Gasteiger partial charge in [0.1, 0.15) is 18.3 Å². The molecule has 238 valence electrons. The van der Waals surface area contributed by atoms with Crippen LogP contribution in [0.2, 0.25) is 0 Å². The van der Waals surface area contributed by atoms with E-state index in [1.165, 1.54) is 0 Å². The summed E-state index contributed by atoms with van der Waals surface area (Å²) in [5, 5.41) is 73.4. The van der Waals surface area contributed by atoms with Crippen LogP contribution in [0.5, 0.6) is 0 Å². The zero-order chi connectivity index (χ0) is 29.9. The Morgan fingerprint density at radius 3 is 2.22 bits per heavy atom. The lowest BCUT2D eigenvalue weighted by molar-refractivity contribution is -0.288. The highest BCUT2D eigenvalue weighted by atomic mass is 16.7. The van der Waals surface area contributed by atoms with Gasteiger partial charge in [0.15, 0.2) is 6.29 Å². The molecule has 41 heavy (non-hydrogen) atoms. The minimum absolute atomic E-state index is 0.00663. The van der Waals surface area contributed by atoms with E-state index in [2.05, 4.69) is 20.8 Å². The summed E-state index contributed by atoms with van der Waals surface area (Å²) in [5.41, 5.74) is -0.0222. The zero-order valence-electron chi connectivity index (χ0n) is 25.4. The first-order valence-corrected chi connectivity index (χ1v) is 16.3. The van der Waals surface area contributed by atoms with Gasteiger partial charge in [-0.25, -0.2) is 0 Å². The van der Waals surface area contributed by atoms with Crippen molar-refractivity contribution in [2.75, 3.05) is 13.2 Å². The minimum atomic E-state index is -1.37. The lowest BCUT2D eigenvalue weighted by Gasteiger charge is -2.62. The Kier molecular flexibility index (Phi) is 9.54. The summed E-state index contributed by atoms with van der Waals surface area (Å²) in [4.78, 5) is 0. The van der Waals surface area contributed by atoms with Gasteiger partial charge in [-0.1, -0.05) is 27.7 Å². The minimum Gasteiger partial charge on any atom is -0.396 e. The molecule has 1 heterocycles. The van der Waals surface area contributed by atoms with Crippen LogP contribution in [-0.2, 0) is 9.47 Å². The lowest BCUT2D eigenvalue weighted by atomic mass is 9.43. The fraction of sp³-hybridized carbons (Fsp3) is 1.00. The summed E-state index contributed by atoms with van der Waals surface area (Å²) < 4.78 is 11.6. The molecule has 17 atom stereocenters. The molecule has 0 aromatic heterocycles. The van der Waals surface area contributed by atoms with Crippen molar-refractivity contribution in [2.24, 2.45) is 52.3 Å². The zero-order valence-corrected chi connectivity index (χ0v) is 25.4. The van der Waals surface area contributed by atoms with Crippen molar-refractivity contribution in [1.29, 1.82) is 0 Å². The van der Waals surface area contributed by atoms with Gasteiger partial charge in [-0.3, -0.25) is 0 Å². The summed E-state index contributed by atoms with van der Waals surface area (Å²) in [6.07, 6.45) is 0.976. The molecule has 0 amide bonds. The maximum atomic E-state index is 11.6. The van der Waals surface area contributed by atoms with Crippen molar-refractivity contribution < 1.29 is 45.2 Å². The first-order valence-electron chi connectivity index (χ1n) is 16.3. The van der Waals surface area contributed by atoms with Crippen molar-refractivity contribution in [3.8, 4) is 0 Å². The molecular weight excluding hydrogens is 528 g/mol. The van der Waals surface area contributed by atoms with Crippen molar-refractivity contribution in [1.82, 2.24) is 0 Å². The molecule has 4 aliphatic carbocycles. The van der Waals surface area contributed by atoms with Crippen LogP contribution in [0, 0.1) is 52.3 Å². The van der Waals surface area contributed by atoms with Crippen molar-refractivity contribution >= 4 is 0 Å². The van der Waals surface area contributed by atoms with E-state index in [-0.39, 0.29) is 53.8 Å². The molecule has 6 unspecified atom stereocenters. The molecule has 4 saturated carbocycles. The van der Waals surface area contributed by atoms with E-state index in [4.69, 9.17) is 9.47 Å². The monoisotopic (exact) mass is 584 g/mol.